The highest BCUT2D eigenvalue weighted by Gasteiger charge is 2.13. The fourth-order valence-electron chi connectivity index (χ4n) is 1.68. The van der Waals surface area contributed by atoms with Gasteiger partial charge in [-0.1, -0.05) is 13.8 Å². The number of hydrogen-bond donors (Lipinski definition) is 2. The molecule has 2 aromatic rings. The Hall–Kier alpha value is -1.75. The molecule has 0 unspecified atom stereocenters. The van der Waals surface area contributed by atoms with Crippen LogP contribution in [-0.2, 0) is 6.54 Å². The number of aromatic amines is 1. The zero-order valence-corrected chi connectivity index (χ0v) is 10.3. The van der Waals surface area contributed by atoms with Crippen molar-refractivity contribution in [1.82, 2.24) is 15.5 Å². The summed E-state index contributed by atoms with van der Waals surface area (Å²) in [5.41, 5.74) is 1.53. The van der Waals surface area contributed by atoms with E-state index in [0.717, 1.165) is 17.7 Å². The summed E-state index contributed by atoms with van der Waals surface area (Å²) in [5.74, 6) is -0.935. The van der Waals surface area contributed by atoms with Crippen LogP contribution < -0.4 is 5.32 Å². The zero-order valence-electron chi connectivity index (χ0n) is 10.3. The van der Waals surface area contributed by atoms with Crippen LogP contribution in [0.4, 0.5) is 8.78 Å². The summed E-state index contributed by atoms with van der Waals surface area (Å²) in [6, 6.07) is 3.69. The Morgan fingerprint density at radius 1 is 1.33 bits per heavy atom. The molecule has 0 aliphatic rings. The molecule has 0 fully saturated rings. The third-order valence-electron chi connectivity index (χ3n) is 2.62. The molecule has 0 amide bonds. The topological polar surface area (TPSA) is 40.7 Å². The Morgan fingerprint density at radius 2 is 2.11 bits per heavy atom. The molecule has 3 nitrogen and oxygen atoms in total. The Bertz CT molecular complexity index is 535. The van der Waals surface area contributed by atoms with Gasteiger partial charge < -0.3 is 5.32 Å². The molecule has 2 rings (SSSR count). The highest BCUT2D eigenvalue weighted by molar-refractivity contribution is 5.63. The van der Waals surface area contributed by atoms with E-state index < -0.39 is 11.6 Å². The number of aromatic nitrogens is 2. The van der Waals surface area contributed by atoms with Crippen molar-refractivity contribution in [2.24, 2.45) is 0 Å². The maximum atomic E-state index is 13.7. The highest BCUT2D eigenvalue weighted by Crippen LogP contribution is 2.24. The van der Waals surface area contributed by atoms with E-state index in [4.69, 9.17) is 0 Å². The SMILES string of the molecule is CC(C)NCc1cn[nH]c1-c1cc(F)ccc1F. The van der Waals surface area contributed by atoms with Gasteiger partial charge in [0.1, 0.15) is 11.6 Å². The van der Waals surface area contributed by atoms with Crippen molar-refractivity contribution in [2.45, 2.75) is 26.4 Å². The molecule has 1 aromatic carbocycles. The lowest BCUT2D eigenvalue weighted by molar-refractivity contribution is 0.587. The largest absolute Gasteiger partial charge is 0.310 e. The maximum Gasteiger partial charge on any atom is 0.132 e. The second-order valence-corrected chi connectivity index (χ2v) is 4.43. The fraction of sp³-hybridized carbons (Fsp3) is 0.308. The van der Waals surface area contributed by atoms with E-state index in [2.05, 4.69) is 15.5 Å². The van der Waals surface area contributed by atoms with Gasteiger partial charge in [0.15, 0.2) is 0 Å². The van der Waals surface area contributed by atoms with Crippen molar-refractivity contribution in [3.63, 3.8) is 0 Å². The van der Waals surface area contributed by atoms with Crippen LogP contribution in [0.5, 0.6) is 0 Å². The number of nitrogens with zero attached hydrogens (tertiary/aromatic N) is 1. The van der Waals surface area contributed by atoms with Crippen molar-refractivity contribution in [1.29, 1.82) is 0 Å². The molecule has 0 spiro atoms. The predicted octanol–water partition coefficient (Wildman–Crippen LogP) is 2.85. The summed E-state index contributed by atoms with van der Waals surface area (Å²) in [5, 5.41) is 9.83. The molecule has 0 saturated heterocycles. The first-order valence-electron chi connectivity index (χ1n) is 5.79. The van der Waals surface area contributed by atoms with Gasteiger partial charge in [-0.25, -0.2) is 8.78 Å². The molecular formula is C13H15F2N3. The van der Waals surface area contributed by atoms with Gasteiger partial charge >= 0.3 is 0 Å². The summed E-state index contributed by atoms with van der Waals surface area (Å²) >= 11 is 0. The van der Waals surface area contributed by atoms with E-state index in [-0.39, 0.29) is 5.56 Å². The Kier molecular flexibility index (Phi) is 3.72. The highest BCUT2D eigenvalue weighted by atomic mass is 19.1. The Labute approximate surface area is 104 Å². The standard InChI is InChI=1S/C13H15F2N3/c1-8(2)16-6-9-7-17-18-13(9)11-5-10(14)3-4-12(11)15/h3-5,7-8,16H,6H2,1-2H3,(H,17,18). The second kappa shape index (κ2) is 5.27. The van der Waals surface area contributed by atoms with Gasteiger partial charge in [0.05, 0.1) is 11.9 Å². The van der Waals surface area contributed by atoms with Crippen LogP contribution in [0.25, 0.3) is 11.3 Å². The fourth-order valence-corrected chi connectivity index (χ4v) is 1.68. The molecule has 96 valence electrons. The van der Waals surface area contributed by atoms with E-state index in [0.29, 0.717) is 18.3 Å². The first-order chi connectivity index (χ1) is 8.58. The van der Waals surface area contributed by atoms with Crippen LogP contribution in [0.3, 0.4) is 0 Å². The summed E-state index contributed by atoms with van der Waals surface area (Å²) in [7, 11) is 0. The zero-order chi connectivity index (χ0) is 13.1. The van der Waals surface area contributed by atoms with Crippen LogP contribution in [0.15, 0.2) is 24.4 Å². The number of H-pyrrole nitrogens is 1. The van der Waals surface area contributed by atoms with Crippen molar-refractivity contribution in [3.8, 4) is 11.3 Å². The average Bonchev–Trinajstić information content (AvgIpc) is 2.77. The lowest BCUT2D eigenvalue weighted by Gasteiger charge is -2.09. The van der Waals surface area contributed by atoms with Crippen molar-refractivity contribution in [2.75, 3.05) is 0 Å². The number of hydrogen-bond acceptors (Lipinski definition) is 2. The maximum absolute atomic E-state index is 13.7. The molecule has 2 N–H and O–H groups in total. The molecule has 18 heavy (non-hydrogen) atoms. The smallest absolute Gasteiger partial charge is 0.132 e. The molecule has 0 atom stereocenters. The lowest BCUT2D eigenvalue weighted by atomic mass is 10.1. The molecule has 0 aliphatic heterocycles. The van der Waals surface area contributed by atoms with E-state index in [1.54, 1.807) is 6.20 Å². The number of nitrogens with one attached hydrogen (secondary N) is 2. The third-order valence-corrected chi connectivity index (χ3v) is 2.62. The van der Waals surface area contributed by atoms with E-state index >= 15 is 0 Å². The first kappa shape index (κ1) is 12.7. The summed E-state index contributed by atoms with van der Waals surface area (Å²) in [6.07, 6.45) is 1.62. The van der Waals surface area contributed by atoms with Crippen LogP contribution in [0.2, 0.25) is 0 Å². The Balaban J connectivity index is 2.33. The quantitative estimate of drug-likeness (QED) is 0.877. The molecular weight excluding hydrogens is 236 g/mol. The number of halogens is 2. The average molecular weight is 251 g/mol. The summed E-state index contributed by atoms with van der Waals surface area (Å²) in [4.78, 5) is 0. The van der Waals surface area contributed by atoms with Crippen molar-refractivity contribution < 1.29 is 8.78 Å². The third kappa shape index (κ3) is 2.73. The minimum Gasteiger partial charge on any atom is -0.310 e. The number of benzene rings is 1. The van der Waals surface area contributed by atoms with Crippen LogP contribution in [0.1, 0.15) is 19.4 Å². The minimum absolute atomic E-state index is 0.202. The van der Waals surface area contributed by atoms with E-state index in [9.17, 15) is 8.78 Å². The lowest BCUT2D eigenvalue weighted by Crippen LogP contribution is -2.21. The van der Waals surface area contributed by atoms with E-state index in [1.165, 1.54) is 6.07 Å². The molecule has 0 radical (unpaired) electrons. The van der Waals surface area contributed by atoms with Gasteiger partial charge in [0.25, 0.3) is 0 Å². The van der Waals surface area contributed by atoms with Crippen molar-refractivity contribution in [3.05, 3.63) is 41.6 Å². The molecule has 0 aliphatic carbocycles. The molecule has 0 saturated carbocycles. The number of rotatable bonds is 4. The normalized spacial score (nSPS) is 11.2. The molecule has 0 bridgehead atoms. The first-order valence-corrected chi connectivity index (χ1v) is 5.79. The van der Waals surface area contributed by atoms with E-state index in [1.807, 2.05) is 13.8 Å². The predicted molar refractivity (Wildman–Crippen MR) is 65.9 cm³/mol. The summed E-state index contributed by atoms with van der Waals surface area (Å²) < 4.78 is 26.8. The molecule has 5 heteroatoms. The van der Waals surface area contributed by atoms with Gasteiger partial charge in [0.2, 0.25) is 0 Å². The monoisotopic (exact) mass is 251 g/mol. The van der Waals surface area contributed by atoms with Gasteiger partial charge in [-0.05, 0) is 18.2 Å². The van der Waals surface area contributed by atoms with Gasteiger partial charge in [-0.3, -0.25) is 5.10 Å². The molecule has 1 heterocycles. The van der Waals surface area contributed by atoms with Crippen LogP contribution in [0, 0.1) is 11.6 Å². The summed E-state index contributed by atoms with van der Waals surface area (Å²) in [6.45, 7) is 4.59. The Morgan fingerprint density at radius 3 is 2.83 bits per heavy atom. The van der Waals surface area contributed by atoms with Crippen molar-refractivity contribution >= 4 is 0 Å². The van der Waals surface area contributed by atoms with Gasteiger partial charge in [0, 0.05) is 23.7 Å². The van der Waals surface area contributed by atoms with Gasteiger partial charge in [-0.2, -0.15) is 5.10 Å². The van der Waals surface area contributed by atoms with Gasteiger partial charge in [-0.15, -0.1) is 0 Å². The minimum atomic E-state index is -0.469. The van der Waals surface area contributed by atoms with Crippen LogP contribution >= 0.6 is 0 Å². The molecule has 1 aromatic heterocycles. The van der Waals surface area contributed by atoms with Crippen LogP contribution in [-0.4, -0.2) is 16.2 Å². The second-order valence-electron chi connectivity index (χ2n) is 4.43.